The third kappa shape index (κ3) is 4.10. The number of aromatic nitrogens is 1. The second-order valence-corrected chi connectivity index (χ2v) is 6.73. The summed E-state index contributed by atoms with van der Waals surface area (Å²) in [6.45, 7) is 7.30. The van der Waals surface area contributed by atoms with Crippen LogP contribution < -0.4 is 5.32 Å². The lowest BCUT2D eigenvalue weighted by atomic mass is 9.89. The molecule has 0 radical (unpaired) electrons. The molecule has 0 bridgehead atoms. The molecule has 22 heavy (non-hydrogen) atoms. The Morgan fingerprint density at radius 1 is 1.32 bits per heavy atom. The van der Waals surface area contributed by atoms with Crippen LogP contribution >= 0.6 is 0 Å². The first-order valence-electron chi connectivity index (χ1n) is 7.85. The van der Waals surface area contributed by atoms with E-state index >= 15 is 0 Å². The molecular weight excluding hydrogens is 276 g/mol. The van der Waals surface area contributed by atoms with Gasteiger partial charge in [0.1, 0.15) is 6.54 Å². The van der Waals surface area contributed by atoms with Gasteiger partial charge in [-0.25, -0.2) is 0 Å². The van der Waals surface area contributed by atoms with Crippen LogP contribution in [0, 0.1) is 12.3 Å². The third-order valence-corrected chi connectivity index (χ3v) is 4.08. The lowest BCUT2D eigenvalue weighted by molar-refractivity contribution is -0.121. The van der Waals surface area contributed by atoms with E-state index in [4.69, 9.17) is 0 Å². The van der Waals surface area contributed by atoms with E-state index < -0.39 is 0 Å². The van der Waals surface area contributed by atoms with Crippen LogP contribution in [0.5, 0.6) is 0 Å². The summed E-state index contributed by atoms with van der Waals surface area (Å²) in [5, 5.41) is 13.4. The van der Waals surface area contributed by atoms with E-state index in [2.05, 4.69) is 18.3 Å². The lowest BCUT2D eigenvalue weighted by Gasteiger charge is -2.21. The van der Waals surface area contributed by atoms with Crippen molar-refractivity contribution in [1.29, 1.82) is 0 Å². The first-order valence-corrected chi connectivity index (χ1v) is 7.85. The van der Waals surface area contributed by atoms with Crippen molar-refractivity contribution in [3.05, 3.63) is 36.0 Å². The SMILES string of the molecule is Cc1cn(CC(=O)NCCCC(C)(C)CO)c2ccccc12. The van der Waals surface area contributed by atoms with Gasteiger partial charge in [-0.05, 0) is 36.8 Å². The molecule has 1 amide bonds. The van der Waals surface area contributed by atoms with Crippen molar-refractivity contribution in [3.63, 3.8) is 0 Å². The molecule has 1 aromatic heterocycles. The summed E-state index contributed by atoms with van der Waals surface area (Å²) in [5.41, 5.74) is 2.21. The highest BCUT2D eigenvalue weighted by Crippen LogP contribution is 2.21. The van der Waals surface area contributed by atoms with Crippen molar-refractivity contribution >= 4 is 16.8 Å². The van der Waals surface area contributed by atoms with Gasteiger partial charge in [-0.15, -0.1) is 0 Å². The number of amides is 1. The molecule has 2 aromatic rings. The number of hydrogen-bond donors (Lipinski definition) is 2. The molecule has 120 valence electrons. The fraction of sp³-hybridized carbons (Fsp3) is 0.500. The first-order chi connectivity index (χ1) is 10.4. The van der Waals surface area contributed by atoms with Crippen LogP contribution in [-0.4, -0.2) is 28.7 Å². The number of para-hydroxylation sites is 1. The van der Waals surface area contributed by atoms with Crippen LogP contribution in [-0.2, 0) is 11.3 Å². The molecule has 1 aromatic carbocycles. The van der Waals surface area contributed by atoms with Gasteiger partial charge in [0.2, 0.25) is 5.91 Å². The zero-order chi connectivity index (χ0) is 16.2. The van der Waals surface area contributed by atoms with E-state index in [0.717, 1.165) is 18.4 Å². The van der Waals surface area contributed by atoms with Crippen LogP contribution in [0.2, 0.25) is 0 Å². The Morgan fingerprint density at radius 3 is 2.77 bits per heavy atom. The van der Waals surface area contributed by atoms with Gasteiger partial charge in [0.25, 0.3) is 0 Å². The number of aliphatic hydroxyl groups is 1. The number of nitrogens with zero attached hydrogens (tertiary/aromatic N) is 1. The summed E-state index contributed by atoms with van der Waals surface area (Å²) < 4.78 is 2.00. The number of aryl methyl sites for hydroxylation is 1. The van der Waals surface area contributed by atoms with E-state index in [1.54, 1.807) is 0 Å². The third-order valence-electron chi connectivity index (χ3n) is 4.08. The van der Waals surface area contributed by atoms with E-state index in [0.29, 0.717) is 13.1 Å². The molecule has 0 aliphatic heterocycles. The number of nitrogens with one attached hydrogen (secondary N) is 1. The van der Waals surface area contributed by atoms with Crippen LogP contribution in [0.3, 0.4) is 0 Å². The number of aliphatic hydroxyl groups excluding tert-OH is 1. The molecule has 0 saturated carbocycles. The summed E-state index contributed by atoms with van der Waals surface area (Å²) in [4.78, 5) is 12.1. The second-order valence-electron chi connectivity index (χ2n) is 6.73. The number of fused-ring (bicyclic) bond motifs is 1. The molecule has 1 heterocycles. The van der Waals surface area contributed by atoms with Crippen molar-refractivity contribution in [3.8, 4) is 0 Å². The number of benzene rings is 1. The Kier molecular flexibility index (Phi) is 5.24. The van der Waals surface area contributed by atoms with Gasteiger partial charge < -0.3 is 15.0 Å². The maximum absolute atomic E-state index is 12.1. The van der Waals surface area contributed by atoms with Gasteiger partial charge in [0, 0.05) is 30.3 Å². The maximum atomic E-state index is 12.1. The van der Waals surface area contributed by atoms with Crippen molar-refractivity contribution in [2.75, 3.05) is 13.2 Å². The highest BCUT2D eigenvalue weighted by atomic mass is 16.3. The van der Waals surface area contributed by atoms with Crippen molar-refractivity contribution in [2.45, 2.75) is 40.2 Å². The minimum absolute atomic E-state index is 0.0301. The molecule has 4 nitrogen and oxygen atoms in total. The average molecular weight is 302 g/mol. The van der Waals surface area contributed by atoms with E-state index in [9.17, 15) is 9.90 Å². The fourth-order valence-corrected chi connectivity index (χ4v) is 2.65. The normalized spacial score (nSPS) is 11.8. The second kappa shape index (κ2) is 6.97. The average Bonchev–Trinajstić information content (AvgIpc) is 2.81. The zero-order valence-electron chi connectivity index (χ0n) is 13.7. The van der Waals surface area contributed by atoms with Crippen LogP contribution in [0.25, 0.3) is 10.9 Å². The molecule has 0 spiro atoms. The lowest BCUT2D eigenvalue weighted by Crippen LogP contribution is -2.29. The molecule has 0 fully saturated rings. The summed E-state index contributed by atoms with van der Waals surface area (Å²) in [6.07, 6.45) is 3.80. The summed E-state index contributed by atoms with van der Waals surface area (Å²) in [7, 11) is 0. The minimum atomic E-state index is -0.0710. The Labute approximate surface area is 132 Å². The minimum Gasteiger partial charge on any atom is -0.396 e. The summed E-state index contributed by atoms with van der Waals surface area (Å²) in [6, 6.07) is 8.13. The predicted molar refractivity (Wildman–Crippen MR) is 89.8 cm³/mol. The molecule has 0 aliphatic rings. The maximum Gasteiger partial charge on any atom is 0.239 e. The molecule has 2 N–H and O–H groups in total. The van der Waals surface area contributed by atoms with Crippen molar-refractivity contribution in [2.24, 2.45) is 5.41 Å². The Hall–Kier alpha value is -1.81. The van der Waals surface area contributed by atoms with Crippen LogP contribution in [0.1, 0.15) is 32.3 Å². The largest absolute Gasteiger partial charge is 0.396 e. The van der Waals surface area contributed by atoms with Gasteiger partial charge in [0.05, 0.1) is 0 Å². The highest BCUT2D eigenvalue weighted by molar-refractivity contribution is 5.85. The molecule has 0 saturated heterocycles. The molecule has 0 atom stereocenters. The highest BCUT2D eigenvalue weighted by Gasteiger charge is 2.15. The Morgan fingerprint density at radius 2 is 2.05 bits per heavy atom. The Bertz CT molecular complexity index is 644. The van der Waals surface area contributed by atoms with Crippen LogP contribution in [0.15, 0.2) is 30.5 Å². The van der Waals surface area contributed by atoms with Gasteiger partial charge >= 0.3 is 0 Å². The number of hydrogen-bond acceptors (Lipinski definition) is 2. The summed E-state index contributed by atoms with van der Waals surface area (Å²) in [5.74, 6) is 0.0301. The monoisotopic (exact) mass is 302 g/mol. The van der Waals surface area contributed by atoms with Crippen molar-refractivity contribution < 1.29 is 9.90 Å². The first kappa shape index (κ1) is 16.6. The number of carbonyl (C=O) groups is 1. The quantitative estimate of drug-likeness (QED) is 0.773. The van der Waals surface area contributed by atoms with E-state index in [-0.39, 0.29) is 17.9 Å². The van der Waals surface area contributed by atoms with Gasteiger partial charge in [0.15, 0.2) is 0 Å². The number of rotatable bonds is 7. The standard InChI is InChI=1S/C18H26N2O2/c1-14-11-20(16-8-5-4-7-15(14)16)12-17(22)19-10-6-9-18(2,3)13-21/h4-5,7-8,11,21H,6,9-10,12-13H2,1-3H3,(H,19,22). The van der Waals surface area contributed by atoms with Gasteiger partial charge in [-0.3, -0.25) is 4.79 Å². The zero-order valence-corrected chi connectivity index (χ0v) is 13.7. The summed E-state index contributed by atoms with van der Waals surface area (Å²) >= 11 is 0. The van der Waals surface area contributed by atoms with Gasteiger partial charge in [-0.2, -0.15) is 0 Å². The molecule has 0 unspecified atom stereocenters. The fourth-order valence-electron chi connectivity index (χ4n) is 2.65. The molecule has 4 heteroatoms. The van der Waals surface area contributed by atoms with Crippen molar-refractivity contribution in [1.82, 2.24) is 9.88 Å². The topological polar surface area (TPSA) is 54.3 Å². The Balaban J connectivity index is 1.87. The molecule has 2 rings (SSSR count). The predicted octanol–water partition coefficient (Wildman–Crippen LogP) is 2.86. The molecular formula is C18H26N2O2. The van der Waals surface area contributed by atoms with Gasteiger partial charge in [-0.1, -0.05) is 32.0 Å². The van der Waals surface area contributed by atoms with E-state index in [1.165, 1.54) is 10.9 Å². The molecule has 0 aliphatic carbocycles. The van der Waals surface area contributed by atoms with Crippen LogP contribution in [0.4, 0.5) is 0 Å². The smallest absolute Gasteiger partial charge is 0.239 e. The van der Waals surface area contributed by atoms with E-state index in [1.807, 2.05) is 42.8 Å². The number of carbonyl (C=O) groups excluding carboxylic acids is 1.